The van der Waals surface area contributed by atoms with Gasteiger partial charge < -0.3 is 23.9 Å². The number of nitrogens with zero attached hydrogens (tertiary/aromatic N) is 2. The molecule has 0 amide bonds. The van der Waals surface area contributed by atoms with Gasteiger partial charge in [-0.1, -0.05) is 0 Å². The second-order valence-corrected chi connectivity index (χ2v) is 6.59. The molecule has 1 heterocycles. The first kappa shape index (κ1) is 22.8. The van der Waals surface area contributed by atoms with Gasteiger partial charge in [-0.05, 0) is 37.6 Å². The fourth-order valence-corrected chi connectivity index (χ4v) is 2.56. The summed E-state index contributed by atoms with van der Waals surface area (Å²) in [7, 11) is 3.06. The van der Waals surface area contributed by atoms with Crippen LogP contribution in [0.2, 0.25) is 0 Å². The molecular formula is C20H25F3N2O4. The summed E-state index contributed by atoms with van der Waals surface area (Å²) in [6, 6.07) is 5.75. The highest BCUT2D eigenvalue weighted by Gasteiger charge is 2.57. The monoisotopic (exact) mass is 414 g/mol. The fraction of sp³-hybridized carbons (Fsp3) is 0.450. The quantitative estimate of drug-likeness (QED) is 0.493. The van der Waals surface area contributed by atoms with E-state index in [4.69, 9.17) is 13.9 Å². The molecule has 1 aromatic carbocycles. The number of aliphatic hydroxyl groups is 1. The maximum absolute atomic E-state index is 13.9. The van der Waals surface area contributed by atoms with Crippen molar-refractivity contribution in [3.8, 4) is 5.75 Å². The van der Waals surface area contributed by atoms with Crippen molar-refractivity contribution in [2.24, 2.45) is 4.99 Å². The molecule has 0 aliphatic heterocycles. The Labute approximate surface area is 167 Å². The zero-order chi connectivity index (χ0) is 21.7. The van der Waals surface area contributed by atoms with Crippen molar-refractivity contribution in [1.82, 2.24) is 4.90 Å². The van der Waals surface area contributed by atoms with Crippen molar-refractivity contribution in [2.45, 2.75) is 32.2 Å². The maximum atomic E-state index is 13.9. The van der Waals surface area contributed by atoms with Crippen LogP contribution >= 0.6 is 0 Å². The maximum Gasteiger partial charge on any atom is 0.423 e. The molecule has 0 saturated carbocycles. The van der Waals surface area contributed by atoms with E-state index < -0.39 is 23.9 Å². The lowest BCUT2D eigenvalue weighted by Crippen LogP contribution is -2.46. The predicted octanol–water partition coefficient (Wildman–Crippen LogP) is 4.17. The topological polar surface area (TPSA) is 67.4 Å². The molecule has 0 bridgehead atoms. The number of hydrogen-bond acceptors (Lipinski definition) is 5. The molecule has 0 saturated heterocycles. The summed E-state index contributed by atoms with van der Waals surface area (Å²) < 4.78 is 56.9. The number of methoxy groups -OCH3 is 1. The molecule has 0 aliphatic carbocycles. The normalized spacial score (nSPS) is 14.2. The van der Waals surface area contributed by atoms with Gasteiger partial charge in [0, 0.05) is 25.2 Å². The first-order chi connectivity index (χ1) is 13.6. The van der Waals surface area contributed by atoms with E-state index in [1.807, 2.05) is 18.9 Å². The molecule has 6 nitrogen and oxygen atoms in total. The molecule has 0 radical (unpaired) electrons. The van der Waals surface area contributed by atoms with Gasteiger partial charge in [0.25, 0.3) is 0 Å². The summed E-state index contributed by atoms with van der Waals surface area (Å²) in [5.74, 6) is 0.214. The smallest absolute Gasteiger partial charge is 0.423 e. The number of aryl methyl sites for hydroxylation is 1. The Balaban J connectivity index is 2.39. The van der Waals surface area contributed by atoms with E-state index in [-0.39, 0.29) is 12.4 Å². The molecule has 160 valence electrons. The van der Waals surface area contributed by atoms with Gasteiger partial charge in [0.15, 0.2) is 0 Å². The molecule has 0 aliphatic rings. The van der Waals surface area contributed by atoms with E-state index >= 15 is 0 Å². The third-order valence-corrected chi connectivity index (χ3v) is 4.46. The van der Waals surface area contributed by atoms with Gasteiger partial charge in [-0.3, -0.25) is 0 Å². The third-order valence-electron chi connectivity index (χ3n) is 4.46. The molecule has 29 heavy (non-hydrogen) atoms. The molecule has 0 spiro atoms. The van der Waals surface area contributed by atoms with Crippen LogP contribution in [0.25, 0.3) is 0 Å². The minimum atomic E-state index is -5.00. The zero-order valence-corrected chi connectivity index (χ0v) is 16.8. The Kier molecular flexibility index (Phi) is 7.32. The SMILES string of the molecule is CCN(C)/C=N/c1cc(OC)c(C(O)(COCc2ccco2)C(F)(F)F)cc1C. The molecule has 1 N–H and O–H groups in total. The molecule has 0 fully saturated rings. The minimum absolute atomic E-state index is 0.136. The molecule has 1 atom stereocenters. The number of alkyl halides is 3. The van der Waals surface area contributed by atoms with Crippen molar-refractivity contribution in [3.05, 3.63) is 47.4 Å². The standard InChI is InChI=1S/C20H25F3N2O4/c1-5-25(3)13-24-17-10-18(27-4)16(9-14(17)2)19(26,20(21,22)23)12-28-11-15-7-6-8-29-15/h6-10,13,26H,5,11-12H2,1-4H3/b24-13+. The Hall–Kier alpha value is -2.52. The van der Waals surface area contributed by atoms with Crippen molar-refractivity contribution in [1.29, 1.82) is 0 Å². The number of hydrogen-bond donors (Lipinski definition) is 1. The van der Waals surface area contributed by atoms with Crippen molar-refractivity contribution in [3.63, 3.8) is 0 Å². The van der Waals surface area contributed by atoms with Gasteiger partial charge in [-0.2, -0.15) is 13.2 Å². The number of halogens is 3. The number of furan rings is 1. The number of ether oxygens (including phenoxy) is 2. The van der Waals surface area contributed by atoms with Crippen LogP contribution in [0.3, 0.4) is 0 Å². The molecular weight excluding hydrogens is 389 g/mol. The second-order valence-electron chi connectivity index (χ2n) is 6.59. The van der Waals surface area contributed by atoms with Gasteiger partial charge in [-0.15, -0.1) is 0 Å². The largest absolute Gasteiger partial charge is 0.496 e. The fourth-order valence-electron chi connectivity index (χ4n) is 2.56. The van der Waals surface area contributed by atoms with Crippen LogP contribution in [0.1, 0.15) is 23.8 Å². The average molecular weight is 414 g/mol. The van der Waals surface area contributed by atoms with Gasteiger partial charge in [0.05, 0.1) is 32.0 Å². The third kappa shape index (κ3) is 5.30. The highest BCUT2D eigenvalue weighted by molar-refractivity contribution is 5.65. The van der Waals surface area contributed by atoms with Crippen LogP contribution in [0.5, 0.6) is 5.75 Å². The number of aliphatic imine (C=N–C) groups is 1. The van der Waals surface area contributed by atoms with Crippen LogP contribution in [0.15, 0.2) is 39.9 Å². The molecule has 1 unspecified atom stereocenters. The lowest BCUT2D eigenvalue weighted by Gasteiger charge is -2.32. The van der Waals surface area contributed by atoms with E-state index in [2.05, 4.69) is 4.99 Å². The Bertz CT molecular complexity index is 822. The van der Waals surface area contributed by atoms with E-state index in [0.717, 1.165) is 6.54 Å². The Morgan fingerprint density at radius 2 is 2.03 bits per heavy atom. The lowest BCUT2D eigenvalue weighted by molar-refractivity contribution is -0.283. The van der Waals surface area contributed by atoms with Gasteiger partial charge in [-0.25, -0.2) is 4.99 Å². The summed E-state index contributed by atoms with van der Waals surface area (Å²) in [4.78, 5) is 6.09. The van der Waals surface area contributed by atoms with Crippen LogP contribution < -0.4 is 4.74 Å². The highest BCUT2D eigenvalue weighted by atomic mass is 19.4. The van der Waals surface area contributed by atoms with E-state index in [0.29, 0.717) is 17.0 Å². The van der Waals surface area contributed by atoms with Crippen LogP contribution in [0.4, 0.5) is 18.9 Å². The van der Waals surface area contributed by atoms with Gasteiger partial charge in [0.2, 0.25) is 5.60 Å². The van der Waals surface area contributed by atoms with Gasteiger partial charge >= 0.3 is 6.18 Å². The van der Waals surface area contributed by atoms with Crippen molar-refractivity contribution in [2.75, 3.05) is 27.3 Å². The number of benzene rings is 1. The summed E-state index contributed by atoms with van der Waals surface area (Å²) in [6.45, 7) is 3.04. The van der Waals surface area contributed by atoms with E-state index in [9.17, 15) is 18.3 Å². The van der Waals surface area contributed by atoms with Gasteiger partial charge in [0.1, 0.15) is 18.1 Å². The molecule has 9 heteroatoms. The highest BCUT2D eigenvalue weighted by Crippen LogP contribution is 2.45. The second kappa shape index (κ2) is 9.32. The first-order valence-electron chi connectivity index (χ1n) is 8.95. The van der Waals surface area contributed by atoms with Crippen molar-refractivity contribution < 1.29 is 32.2 Å². The lowest BCUT2D eigenvalue weighted by atomic mass is 9.91. The summed E-state index contributed by atoms with van der Waals surface area (Å²) in [5, 5.41) is 10.6. The van der Waals surface area contributed by atoms with Crippen molar-refractivity contribution >= 4 is 12.0 Å². The molecule has 2 aromatic rings. The summed E-state index contributed by atoms with van der Waals surface area (Å²) in [6.07, 6.45) is -2.04. The predicted molar refractivity (Wildman–Crippen MR) is 103 cm³/mol. The average Bonchev–Trinajstić information content (AvgIpc) is 3.18. The first-order valence-corrected chi connectivity index (χ1v) is 8.95. The van der Waals surface area contributed by atoms with Crippen LogP contribution in [0, 0.1) is 6.92 Å². The zero-order valence-electron chi connectivity index (χ0n) is 16.8. The minimum Gasteiger partial charge on any atom is -0.496 e. The summed E-state index contributed by atoms with van der Waals surface area (Å²) in [5.41, 5.74) is -2.81. The van der Waals surface area contributed by atoms with Crippen LogP contribution in [-0.2, 0) is 16.9 Å². The number of rotatable bonds is 9. The Morgan fingerprint density at radius 1 is 1.31 bits per heavy atom. The molecule has 1 aromatic heterocycles. The molecule has 2 rings (SSSR count). The van der Waals surface area contributed by atoms with Crippen LogP contribution in [-0.4, -0.2) is 49.8 Å². The summed E-state index contributed by atoms with van der Waals surface area (Å²) >= 11 is 0. The Morgan fingerprint density at radius 3 is 2.59 bits per heavy atom. The van der Waals surface area contributed by atoms with E-state index in [1.54, 1.807) is 25.4 Å². The van der Waals surface area contributed by atoms with E-state index in [1.165, 1.54) is 25.5 Å².